The van der Waals surface area contributed by atoms with Crippen LogP contribution < -0.4 is 5.73 Å². The van der Waals surface area contributed by atoms with Crippen LogP contribution in [0.5, 0.6) is 0 Å². The fraction of sp³-hybridized carbons (Fsp3) is 0.750. The van der Waals surface area contributed by atoms with Gasteiger partial charge in [0.2, 0.25) is 0 Å². The van der Waals surface area contributed by atoms with Crippen molar-refractivity contribution in [3.8, 4) is 0 Å². The monoisotopic (exact) mass is 121 g/mol. The Morgan fingerprint density at radius 1 is 2.00 bits per heavy atom. The lowest BCUT2D eigenvalue weighted by atomic mass is 10.2. The fourth-order valence-corrected chi connectivity index (χ4v) is 0.155. The van der Waals surface area contributed by atoms with Crippen molar-refractivity contribution in [3.63, 3.8) is 0 Å². The van der Waals surface area contributed by atoms with E-state index in [1.807, 2.05) is 0 Å². The second-order valence-electron chi connectivity index (χ2n) is 1.30. The summed E-state index contributed by atoms with van der Waals surface area (Å²) in [6, 6.07) is -2.67. The molecular weight excluding hydrogens is 110 g/mol. The number of nitrogens with two attached hydrogens (primary N) is 1. The van der Waals surface area contributed by atoms with E-state index in [0.29, 0.717) is 0 Å². The highest BCUT2D eigenvalue weighted by Gasteiger charge is 2.16. The van der Waals surface area contributed by atoms with Crippen LogP contribution in [0.25, 0.3) is 0 Å². The molecule has 0 radical (unpaired) electrons. The Morgan fingerprint density at radius 2 is 2.38 bits per heavy atom. The average molecular weight is 121 g/mol. The Hall–Kier alpha value is -0.610. The van der Waals surface area contributed by atoms with E-state index in [9.17, 15) is 4.79 Å². The lowest BCUT2D eigenvalue weighted by Gasteiger charge is -2.06. The molecule has 0 unspecified atom stereocenters. The van der Waals surface area contributed by atoms with Gasteiger partial charge in [0.05, 0.1) is 8.82 Å². The van der Waals surface area contributed by atoms with E-state index in [0.717, 1.165) is 6.92 Å². The summed E-state index contributed by atoms with van der Waals surface area (Å²) in [6.45, 7) is 0.841. The van der Waals surface area contributed by atoms with Crippen LogP contribution in [0.15, 0.2) is 0 Å². The van der Waals surface area contributed by atoms with Crippen molar-refractivity contribution >= 4 is 5.97 Å². The number of carboxylic acid groups (broad SMARTS) is 1. The summed E-state index contributed by atoms with van der Waals surface area (Å²) in [5.41, 5.74) is 4.77. The SMILES string of the molecule is [2H][C@](C)(O)[C@]([2H])(N)C(=O)O. The van der Waals surface area contributed by atoms with Gasteiger partial charge in [0.25, 0.3) is 0 Å². The summed E-state index contributed by atoms with van der Waals surface area (Å²) in [5.74, 6) is -1.73. The number of aliphatic carboxylic acids is 1. The summed E-state index contributed by atoms with van der Waals surface area (Å²) in [4.78, 5) is 10.1. The molecule has 0 aromatic heterocycles. The molecule has 2 atom stereocenters. The summed E-state index contributed by atoms with van der Waals surface area (Å²) in [7, 11) is 0. The Morgan fingerprint density at radius 3 is 2.38 bits per heavy atom. The summed E-state index contributed by atoms with van der Waals surface area (Å²) >= 11 is 0. The molecule has 0 heterocycles. The lowest BCUT2D eigenvalue weighted by Crippen LogP contribution is -2.39. The summed E-state index contributed by atoms with van der Waals surface area (Å²) < 4.78 is 13.5. The molecule has 0 bridgehead atoms. The van der Waals surface area contributed by atoms with Crippen molar-refractivity contribution in [1.29, 1.82) is 0 Å². The molecule has 48 valence electrons. The van der Waals surface area contributed by atoms with E-state index in [4.69, 9.17) is 18.7 Å². The molecule has 0 spiro atoms. The molecule has 0 aliphatic carbocycles. The number of aliphatic hydroxyl groups is 1. The zero-order chi connectivity index (χ0) is 8.58. The molecule has 0 aromatic carbocycles. The average Bonchev–Trinajstić information content (AvgIpc) is 1.62. The summed E-state index contributed by atoms with van der Waals surface area (Å²) in [5, 5.41) is 16.9. The van der Waals surface area contributed by atoms with Crippen molar-refractivity contribution in [1.82, 2.24) is 0 Å². The van der Waals surface area contributed by atoms with Gasteiger partial charge < -0.3 is 15.9 Å². The van der Waals surface area contributed by atoms with E-state index in [1.165, 1.54) is 0 Å². The largest absolute Gasteiger partial charge is 0.480 e. The first kappa shape index (κ1) is 4.29. The van der Waals surface area contributed by atoms with Crippen LogP contribution >= 0.6 is 0 Å². The third-order valence-corrected chi connectivity index (χ3v) is 0.620. The molecular formula is C4H9NO3. The predicted molar refractivity (Wildman–Crippen MR) is 27.3 cm³/mol. The van der Waals surface area contributed by atoms with Crippen LogP contribution in [0.4, 0.5) is 0 Å². The van der Waals surface area contributed by atoms with Crippen LogP contribution in [-0.4, -0.2) is 28.3 Å². The first-order valence-corrected chi connectivity index (χ1v) is 1.94. The van der Waals surface area contributed by atoms with Gasteiger partial charge in [-0.25, -0.2) is 0 Å². The van der Waals surface area contributed by atoms with E-state index < -0.39 is 18.1 Å². The highest BCUT2D eigenvalue weighted by atomic mass is 16.4. The molecule has 4 heteroatoms. The zero-order valence-corrected chi connectivity index (χ0v) is 4.38. The Bertz CT molecular complexity index is 151. The molecule has 0 fully saturated rings. The van der Waals surface area contributed by atoms with Crippen molar-refractivity contribution in [2.75, 3.05) is 0 Å². The summed E-state index contributed by atoms with van der Waals surface area (Å²) in [6.07, 6.45) is -2.49. The van der Waals surface area contributed by atoms with Crippen LogP contribution in [0.3, 0.4) is 0 Å². The third kappa shape index (κ3) is 1.90. The van der Waals surface area contributed by atoms with Gasteiger partial charge in [-0.2, -0.15) is 0 Å². The van der Waals surface area contributed by atoms with E-state index in [-0.39, 0.29) is 0 Å². The fourth-order valence-electron chi connectivity index (χ4n) is 0.155. The van der Waals surface area contributed by atoms with Gasteiger partial charge in [0, 0.05) is 0 Å². The lowest BCUT2D eigenvalue weighted by molar-refractivity contribution is -0.140. The number of hydrogen-bond donors (Lipinski definition) is 3. The first-order valence-electron chi connectivity index (χ1n) is 2.94. The highest BCUT2D eigenvalue weighted by molar-refractivity contribution is 5.73. The molecule has 4 nitrogen and oxygen atoms in total. The Labute approximate surface area is 49.7 Å². The van der Waals surface area contributed by atoms with Crippen molar-refractivity contribution in [3.05, 3.63) is 0 Å². The molecule has 8 heavy (non-hydrogen) atoms. The normalized spacial score (nSPS) is 28.9. The maximum Gasteiger partial charge on any atom is 0.323 e. The smallest absolute Gasteiger partial charge is 0.323 e. The van der Waals surface area contributed by atoms with Gasteiger partial charge in [0.15, 0.2) is 0 Å². The molecule has 0 aliphatic heterocycles. The van der Waals surface area contributed by atoms with E-state index >= 15 is 0 Å². The van der Waals surface area contributed by atoms with Gasteiger partial charge in [-0.05, 0) is 6.92 Å². The molecule has 4 N–H and O–H groups in total. The maximum absolute atomic E-state index is 10.1. The Kier molecular flexibility index (Phi) is 1.41. The quantitative estimate of drug-likeness (QED) is 0.427. The van der Waals surface area contributed by atoms with Crippen molar-refractivity contribution in [2.24, 2.45) is 5.73 Å². The minimum Gasteiger partial charge on any atom is -0.480 e. The molecule has 0 saturated carbocycles. The van der Waals surface area contributed by atoms with Crippen LogP contribution in [0.1, 0.15) is 9.67 Å². The number of carboxylic acids is 1. The minimum absolute atomic E-state index is 0.841. The minimum atomic E-state index is -2.67. The molecule has 0 saturated heterocycles. The first-order chi connectivity index (χ1) is 4.19. The predicted octanol–water partition coefficient (Wildman–Crippen LogP) is -1.22. The number of rotatable bonds is 2. The molecule has 0 amide bonds. The van der Waals surface area contributed by atoms with E-state index in [2.05, 4.69) is 0 Å². The highest BCUT2D eigenvalue weighted by Crippen LogP contribution is 1.85. The van der Waals surface area contributed by atoms with Gasteiger partial charge in [-0.15, -0.1) is 0 Å². The van der Waals surface area contributed by atoms with Gasteiger partial charge >= 0.3 is 5.97 Å². The van der Waals surface area contributed by atoms with Crippen LogP contribution in [0, 0.1) is 0 Å². The molecule has 0 aliphatic rings. The second kappa shape index (κ2) is 2.64. The third-order valence-electron chi connectivity index (χ3n) is 0.620. The number of carbonyl (C=O) groups is 1. The van der Waals surface area contributed by atoms with Crippen molar-refractivity contribution < 1.29 is 17.7 Å². The molecule has 0 aromatic rings. The van der Waals surface area contributed by atoms with Crippen molar-refractivity contribution in [2.45, 2.75) is 19.0 Å². The second-order valence-corrected chi connectivity index (χ2v) is 1.30. The van der Waals surface area contributed by atoms with E-state index in [1.54, 1.807) is 0 Å². The Balaban J connectivity index is 4.57. The standard InChI is InChI=1S/C4H9NO3/c1-2(6)3(5)4(7)8/h2-3,6H,5H2,1H3,(H,7,8)/t2-,3+/m1/s1/i2D,3D. The van der Waals surface area contributed by atoms with Crippen LogP contribution in [-0.2, 0) is 4.79 Å². The number of hydrogen-bond acceptors (Lipinski definition) is 3. The topological polar surface area (TPSA) is 83.5 Å². The van der Waals surface area contributed by atoms with Gasteiger partial charge in [0.1, 0.15) is 6.02 Å². The van der Waals surface area contributed by atoms with Gasteiger partial charge in [-0.1, -0.05) is 0 Å². The van der Waals surface area contributed by atoms with Gasteiger partial charge in [-0.3, -0.25) is 4.79 Å². The molecule has 0 rings (SSSR count). The maximum atomic E-state index is 10.1. The van der Waals surface area contributed by atoms with Crippen LogP contribution in [0.2, 0.25) is 0 Å². The zero-order valence-electron chi connectivity index (χ0n) is 6.38.